The maximum absolute atomic E-state index is 13.3. The van der Waals surface area contributed by atoms with E-state index in [9.17, 15) is 4.39 Å². The summed E-state index contributed by atoms with van der Waals surface area (Å²) in [6.07, 6.45) is 0.890. The number of rotatable bonds is 9. The molecule has 1 aromatic carbocycles. The molecule has 0 unspecified atom stereocenters. The van der Waals surface area contributed by atoms with Gasteiger partial charge in [0.15, 0.2) is 0 Å². The van der Waals surface area contributed by atoms with Crippen LogP contribution >= 0.6 is 0 Å². The van der Waals surface area contributed by atoms with E-state index >= 15 is 0 Å². The Balaban J connectivity index is 2.51. The van der Waals surface area contributed by atoms with Crippen LogP contribution in [0.4, 0.5) is 10.1 Å². The van der Waals surface area contributed by atoms with E-state index in [4.69, 9.17) is 10.5 Å². The van der Waals surface area contributed by atoms with Gasteiger partial charge in [-0.3, -0.25) is 0 Å². The van der Waals surface area contributed by atoms with Crippen molar-refractivity contribution in [2.24, 2.45) is 11.7 Å². The van der Waals surface area contributed by atoms with Crippen LogP contribution in [0.3, 0.4) is 0 Å². The smallest absolute Gasteiger partial charge is 0.125 e. The maximum Gasteiger partial charge on any atom is 0.125 e. The van der Waals surface area contributed by atoms with E-state index in [-0.39, 0.29) is 5.82 Å². The predicted octanol–water partition coefficient (Wildman–Crippen LogP) is 2.65. The fourth-order valence-electron chi connectivity index (χ4n) is 1.82. The average Bonchev–Trinajstić information content (AvgIpc) is 2.37. The van der Waals surface area contributed by atoms with Crippen molar-refractivity contribution in [3.05, 3.63) is 30.1 Å². The maximum atomic E-state index is 13.3. The molecule has 108 valence electrons. The van der Waals surface area contributed by atoms with Crippen molar-refractivity contribution in [1.82, 2.24) is 0 Å². The first-order valence-corrected chi connectivity index (χ1v) is 6.91. The van der Waals surface area contributed by atoms with E-state index in [1.54, 1.807) is 12.1 Å². The van der Waals surface area contributed by atoms with E-state index in [1.165, 1.54) is 6.07 Å². The fraction of sp³-hybridized carbons (Fsp3) is 0.600. The van der Waals surface area contributed by atoms with Crippen molar-refractivity contribution in [3.63, 3.8) is 0 Å². The van der Waals surface area contributed by atoms with Crippen molar-refractivity contribution in [2.75, 3.05) is 37.7 Å². The van der Waals surface area contributed by atoms with Gasteiger partial charge in [0.2, 0.25) is 0 Å². The molecule has 0 aliphatic carbocycles. The van der Waals surface area contributed by atoms with Crippen LogP contribution in [-0.2, 0) is 4.74 Å². The summed E-state index contributed by atoms with van der Waals surface area (Å²) in [6, 6.07) is 6.66. The number of halogens is 1. The van der Waals surface area contributed by atoms with Crippen LogP contribution in [0.25, 0.3) is 0 Å². The number of benzene rings is 1. The molecule has 0 aliphatic rings. The molecule has 0 saturated heterocycles. The van der Waals surface area contributed by atoms with Crippen molar-refractivity contribution in [2.45, 2.75) is 20.3 Å². The molecule has 0 radical (unpaired) electrons. The SMILES string of the molecule is CC(C)COCCN(CCCN)c1cccc(F)c1. The van der Waals surface area contributed by atoms with Gasteiger partial charge >= 0.3 is 0 Å². The highest BCUT2D eigenvalue weighted by molar-refractivity contribution is 5.46. The Morgan fingerprint density at radius 2 is 2.11 bits per heavy atom. The normalized spacial score (nSPS) is 11.0. The molecule has 0 amide bonds. The number of hydrogen-bond donors (Lipinski definition) is 1. The van der Waals surface area contributed by atoms with E-state index < -0.39 is 0 Å². The first kappa shape index (κ1) is 15.9. The van der Waals surface area contributed by atoms with Crippen LogP contribution in [0.1, 0.15) is 20.3 Å². The number of anilines is 1. The lowest BCUT2D eigenvalue weighted by Gasteiger charge is -2.25. The van der Waals surface area contributed by atoms with Crippen LogP contribution in [0.2, 0.25) is 0 Å². The molecule has 3 nitrogen and oxygen atoms in total. The summed E-state index contributed by atoms with van der Waals surface area (Å²) < 4.78 is 18.9. The van der Waals surface area contributed by atoms with Gasteiger partial charge in [-0.15, -0.1) is 0 Å². The lowest BCUT2D eigenvalue weighted by molar-refractivity contribution is 0.115. The predicted molar refractivity (Wildman–Crippen MR) is 77.9 cm³/mol. The molecule has 19 heavy (non-hydrogen) atoms. The summed E-state index contributed by atoms with van der Waals surface area (Å²) in [5.74, 6) is 0.324. The minimum Gasteiger partial charge on any atom is -0.379 e. The Hall–Kier alpha value is -1.13. The quantitative estimate of drug-likeness (QED) is 0.700. The Morgan fingerprint density at radius 1 is 1.32 bits per heavy atom. The standard InChI is InChI=1S/C15H25FN2O/c1-13(2)12-19-10-9-18(8-4-7-17)15-6-3-5-14(16)11-15/h3,5-6,11,13H,4,7-10,12,17H2,1-2H3. The summed E-state index contributed by atoms with van der Waals surface area (Å²) in [5, 5.41) is 0. The van der Waals surface area contributed by atoms with Gasteiger partial charge in [0, 0.05) is 25.4 Å². The van der Waals surface area contributed by atoms with Gasteiger partial charge < -0.3 is 15.4 Å². The van der Waals surface area contributed by atoms with E-state index in [1.807, 2.05) is 6.07 Å². The lowest BCUT2D eigenvalue weighted by Crippen LogP contribution is -2.30. The molecule has 1 aromatic rings. The number of hydrogen-bond acceptors (Lipinski definition) is 3. The van der Waals surface area contributed by atoms with Gasteiger partial charge in [-0.2, -0.15) is 0 Å². The molecule has 2 N–H and O–H groups in total. The molecule has 0 spiro atoms. The van der Waals surface area contributed by atoms with Gasteiger partial charge in [0.25, 0.3) is 0 Å². The average molecular weight is 268 g/mol. The van der Waals surface area contributed by atoms with Crippen LogP contribution in [0, 0.1) is 11.7 Å². The van der Waals surface area contributed by atoms with Crippen LogP contribution < -0.4 is 10.6 Å². The van der Waals surface area contributed by atoms with Crippen LogP contribution in [-0.4, -0.2) is 32.8 Å². The highest BCUT2D eigenvalue weighted by Crippen LogP contribution is 2.15. The van der Waals surface area contributed by atoms with E-state index in [0.29, 0.717) is 19.1 Å². The molecule has 0 bridgehead atoms. The highest BCUT2D eigenvalue weighted by Gasteiger charge is 2.07. The molecule has 0 heterocycles. The molecule has 0 aliphatic heterocycles. The zero-order valence-corrected chi connectivity index (χ0v) is 11.9. The summed E-state index contributed by atoms with van der Waals surface area (Å²) in [4.78, 5) is 2.12. The molecule has 0 fully saturated rings. The summed E-state index contributed by atoms with van der Waals surface area (Å²) in [6.45, 7) is 7.88. The van der Waals surface area contributed by atoms with E-state index in [2.05, 4.69) is 18.7 Å². The number of ether oxygens (including phenoxy) is 1. The lowest BCUT2D eigenvalue weighted by atomic mass is 10.2. The second-order valence-corrected chi connectivity index (χ2v) is 5.08. The minimum absolute atomic E-state index is 0.210. The molecular weight excluding hydrogens is 243 g/mol. The van der Waals surface area contributed by atoms with Gasteiger partial charge in [-0.05, 0) is 37.1 Å². The van der Waals surface area contributed by atoms with Crippen molar-refractivity contribution in [1.29, 1.82) is 0 Å². The molecular formula is C15H25FN2O. The summed E-state index contributed by atoms with van der Waals surface area (Å²) in [7, 11) is 0. The van der Waals surface area contributed by atoms with Gasteiger partial charge in [0.05, 0.1) is 6.61 Å². The largest absolute Gasteiger partial charge is 0.379 e. The zero-order valence-electron chi connectivity index (χ0n) is 11.9. The van der Waals surface area contributed by atoms with Gasteiger partial charge in [-0.1, -0.05) is 19.9 Å². The van der Waals surface area contributed by atoms with Crippen molar-refractivity contribution < 1.29 is 9.13 Å². The Labute approximate surface area is 115 Å². The van der Waals surface area contributed by atoms with Crippen LogP contribution in [0.5, 0.6) is 0 Å². The van der Waals surface area contributed by atoms with Crippen molar-refractivity contribution in [3.8, 4) is 0 Å². The molecule has 4 heteroatoms. The minimum atomic E-state index is -0.210. The highest BCUT2D eigenvalue weighted by atomic mass is 19.1. The second-order valence-electron chi connectivity index (χ2n) is 5.08. The number of nitrogens with two attached hydrogens (primary N) is 1. The Bertz CT molecular complexity index is 358. The Morgan fingerprint density at radius 3 is 2.74 bits per heavy atom. The molecule has 0 atom stereocenters. The summed E-state index contributed by atoms with van der Waals surface area (Å²) in [5.41, 5.74) is 6.44. The molecule has 0 saturated carbocycles. The first-order chi connectivity index (χ1) is 9.13. The van der Waals surface area contributed by atoms with Crippen molar-refractivity contribution >= 4 is 5.69 Å². The van der Waals surface area contributed by atoms with Gasteiger partial charge in [0.1, 0.15) is 5.82 Å². The third-order valence-corrected chi connectivity index (χ3v) is 2.76. The topological polar surface area (TPSA) is 38.5 Å². The molecule has 0 aromatic heterocycles. The Kier molecular flexibility index (Phi) is 7.45. The van der Waals surface area contributed by atoms with Crippen LogP contribution in [0.15, 0.2) is 24.3 Å². The fourth-order valence-corrected chi connectivity index (χ4v) is 1.82. The number of nitrogens with zero attached hydrogens (tertiary/aromatic N) is 1. The van der Waals surface area contributed by atoms with E-state index in [0.717, 1.165) is 31.8 Å². The second kappa shape index (κ2) is 8.88. The zero-order chi connectivity index (χ0) is 14.1. The summed E-state index contributed by atoms with van der Waals surface area (Å²) >= 11 is 0. The third-order valence-electron chi connectivity index (χ3n) is 2.76. The molecule has 1 rings (SSSR count). The van der Waals surface area contributed by atoms with Gasteiger partial charge in [-0.25, -0.2) is 4.39 Å². The monoisotopic (exact) mass is 268 g/mol. The first-order valence-electron chi connectivity index (χ1n) is 6.91. The third kappa shape index (κ3) is 6.55.